The maximum absolute atomic E-state index is 12.3. The predicted octanol–water partition coefficient (Wildman–Crippen LogP) is 1.60. The Morgan fingerprint density at radius 3 is 2.26 bits per heavy atom. The first-order valence-electron chi connectivity index (χ1n) is 9.00. The van der Waals surface area contributed by atoms with E-state index >= 15 is 0 Å². The summed E-state index contributed by atoms with van der Waals surface area (Å²) >= 11 is 0. The molecule has 0 aromatic heterocycles. The second-order valence-corrected chi connectivity index (χ2v) is 8.32. The molecule has 152 valence electrons. The minimum Gasteiger partial charge on any atom is -0.357 e. The lowest BCUT2D eigenvalue weighted by Gasteiger charge is -2.36. The molecule has 1 aromatic rings. The van der Waals surface area contributed by atoms with Gasteiger partial charge in [0.15, 0.2) is 15.8 Å². The molecular weight excluding hydrogens is 479 g/mol. The highest BCUT2D eigenvalue weighted by molar-refractivity contribution is 14.0. The fourth-order valence-electron chi connectivity index (χ4n) is 2.84. The molecule has 1 aliphatic rings. The van der Waals surface area contributed by atoms with Crippen LogP contribution < -0.4 is 5.32 Å². The van der Waals surface area contributed by atoms with E-state index in [1.807, 2.05) is 11.8 Å². The molecule has 2 rings (SSSR count). The van der Waals surface area contributed by atoms with Gasteiger partial charge in [0, 0.05) is 46.2 Å². The third kappa shape index (κ3) is 7.28. The van der Waals surface area contributed by atoms with Gasteiger partial charge >= 0.3 is 0 Å². The Kier molecular flexibility index (Phi) is 10.1. The van der Waals surface area contributed by atoms with Crippen LogP contribution in [0.25, 0.3) is 0 Å². The number of aliphatic imine (C=N–C) groups is 1. The lowest BCUT2D eigenvalue weighted by molar-refractivity contribution is -0.130. The van der Waals surface area contributed by atoms with E-state index < -0.39 is 9.84 Å². The van der Waals surface area contributed by atoms with Gasteiger partial charge < -0.3 is 15.1 Å². The second kappa shape index (κ2) is 11.5. The van der Waals surface area contributed by atoms with Crippen molar-refractivity contribution in [2.45, 2.75) is 25.2 Å². The Hall–Kier alpha value is -1.36. The highest BCUT2D eigenvalue weighted by atomic mass is 127. The van der Waals surface area contributed by atoms with E-state index in [9.17, 15) is 13.2 Å². The zero-order chi connectivity index (χ0) is 19.0. The molecule has 9 heteroatoms. The Balaban J connectivity index is 0.00000364. The summed E-state index contributed by atoms with van der Waals surface area (Å²) in [5.74, 6) is 0.961. The third-order valence-electron chi connectivity index (χ3n) is 4.29. The monoisotopic (exact) mass is 508 g/mol. The van der Waals surface area contributed by atoms with Gasteiger partial charge in [0.25, 0.3) is 0 Å². The predicted molar refractivity (Wildman–Crippen MR) is 118 cm³/mol. The average molecular weight is 508 g/mol. The van der Waals surface area contributed by atoms with E-state index in [2.05, 4.69) is 15.2 Å². The van der Waals surface area contributed by atoms with Crippen molar-refractivity contribution in [1.29, 1.82) is 0 Å². The Morgan fingerprint density at radius 1 is 1.11 bits per heavy atom. The molecule has 0 bridgehead atoms. The third-order valence-corrected chi connectivity index (χ3v) is 6.11. The van der Waals surface area contributed by atoms with Gasteiger partial charge in [-0.05, 0) is 25.5 Å². The summed E-state index contributed by atoms with van der Waals surface area (Å²) < 4.78 is 24.6. The number of carbonyl (C=O) groups excluding carboxylic acids is 1. The maximum Gasteiger partial charge on any atom is 0.219 e. The number of nitrogens with one attached hydrogen (secondary N) is 1. The smallest absolute Gasteiger partial charge is 0.219 e. The quantitative estimate of drug-likeness (QED) is 0.273. The normalized spacial score (nSPS) is 15.3. The van der Waals surface area contributed by atoms with E-state index in [0.29, 0.717) is 31.0 Å². The van der Waals surface area contributed by atoms with Gasteiger partial charge in [-0.25, -0.2) is 8.42 Å². The van der Waals surface area contributed by atoms with Gasteiger partial charge in [0.2, 0.25) is 5.91 Å². The topological polar surface area (TPSA) is 82.1 Å². The van der Waals surface area contributed by atoms with Crippen molar-refractivity contribution >= 4 is 45.7 Å². The number of nitrogens with zero attached hydrogens (tertiary/aromatic N) is 3. The summed E-state index contributed by atoms with van der Waals surface area (Å²) in [6.45, 7) is 7.60. The fourth-order valence-corrected chi connectivity index (χ4v) is 4.16. The van der Waals surface area contributed by atoms with Crippen molar-refractivity contribution in [2.24, 2.45) is 4.99 Å². The number of guanidine groups is 1. The molecule has 1 N–H and O–H groups in total. The molecule has 7 nitrogen and oxygen atoms in total. The van der Waals surface area contributed by atoms with Gasteiger partial charge in [-0.3, -0.25) is 9.79 Å². The number of piperazine rings is 1. The minimum atomic E-state index is -3.26. The highest BCUT2D eigenvalue weighted by Gasteiger charge is 2.21. The van der Waals surface area contributed by atoms with Gasteiger partial charge in [-0.1, -0.05) is 18.2 Å². The number of carbonyl (C=O) groups is 1. The van der Waals surface area contributed by atoms with Crippen molar-refractivity contribution in [3.63, 3.8) is 0 Å². The van der Waals surface area contributed by atoms with Crippen LogP contribution in [0.5, 0.6) is 0 Å². The molecule has 1 saturated heterocycles. The van der Waals surface area contributed by atoms with Crippen molar-refractivity contribution in [2.75, 3.05) is 45.0 Å². The van der Waals surface area contributed by atoms with Crippen molar-refractivity contribution in [3.8, 4) is 0 Å². The Bertz CT molecular complexity index is 717. The number of rotatable bonds is 6. The SMILES string of the molecule is CCNC(=NCCCS(=O)(=O)c1ccccc1)N1CCN(C(C)=O)CC1.I. The average Bonchev–Trinajstić information content (AvgIpc) is 2.65. The van der Waals surface area contributed by atoms with E-state index in [1.165, 1.54) is 0 Å². The Morgan fingerprint density at radius 2 is 1.70 bits per heavy atom. The summed E-state index contributed by atoms with van der Waals surface area (Å²) in [5.41, 5.74) is 0. The molecule has 1 amide bonds. The molecule has 1 aromatic carbocycles. The lowest BCUT2D eigenvalue weighted by atomic mass is 10.3. The van der Waals surface area contributed by atoms with Crippen LogP contribution >= 0.6 is 24.0 Å². The van der Waals surface area contributed by atoms with Crippen LogP contribution in [0.15, 0.2) is 40.2 Å². The van der Waals surface area contributed by atoms with Crippen molar-refractivity contribution < 1.29 is 13.2 Å². The summed E-state index contributed by atoms with van der Waals surface area (Å²) in [6, 6.07) is 8.51. The van der Waals surface area contributed by atoms with E-state index in [4.69, 9.17) is 0 Å². The molecule has 1 heterocycles. The van der Waals surface area contributed by atoms with Crippen molar-refractivity contribution in [1.82, 2.24) is 15.1 Å². The first kappa shape index (κ1) is 23.7. The lowest BCUT2D eigenvalue weighted by Crippen LogP contribution is -2.53. The summed E-state index contributed by atoms with van der Waals surface area (Å²) in [4.78, 5) is 20.3. The molecule has 0 radical (unpaired) electrons. The summed E-state index contributed by atoms with van der Waals surface area (Å²) in [6.07, 6.45) is 0.472. The zero-order valence-corrected chi connectivity index (χ0v) is 19.1. The van der Waals surface area contributed by atoms with Crippen LogP contribution in [-0.2, 0) is 14.6 Å². The highest BCUT2D eigenvalue weighted by Crippen LogP contribution is 2.11. The van der Waals surface area contributed by atoms with Crippen LogP contribution in [0.3, 0.4) is 0 Å². The zero-order valence-electron chi connectivity index (χ0n) is 15.9. The maximum atomic E-state index is 12.3. The first-order chi connectivity index (χ1) is 12.4. The number of benzene rings is 1. The van der Waals surface area contributed by atoms with Gasteiger partial charge in [0.1, 0.15) is 0 Å². The number of halogens is 1. The van der Waals surface area contributed by atoms with Crippen LogP contribution in [0, 0.1) is 0 Å². The molecule has 0 unspecified atom stereocenters. The molecule has 0 spiro atoms. The standard InChI is InChI=1S/C18H28N4O3S.HI/c1-3-19-18(22-13-11-21(12-14-22)16(2)23)20-10-7-15-26(24,25)17-8-5-4-6-9-17;/h4-6,8-9H,3,7,10-15H2,1-2H3,(H,19,20);1H. The molecule has 0 aliphatic carbocycles. The summed E-state index contributed by atoms with van der Waals surface area (Å²) in [7, 11) is -3.26. The Labute approximate surface area is 179 Å². The van der Waals surface area contributed by atoms with Crippen LogP contribution in [0.2, 0.25) is 0 Å². The van der Waals surface area contributed by atoms with Crippen LogP contribution in [0.4, 0.5) is 0 Å². The van der Waals surface area contributed by atoms with E-state index in [1.54, 1.807) is 37.3 Å². The van der Waals surface area contributed by atoms with Crippen LogP contribution in [-0.4, -0.2) is 75.1 Å². The number of hydrogen-bond acceptors (Lipinski definition) is 4. The fraction of sp³-hybridized carbons (Fsp3) is 0.556. The van der Waals surface area contributed by atoms with Crippen LogP contribution in [0.1, 0.15) is 20.3 Å². The van der Waals surface area contributed by atoms with Gasteiger partial charge in [0.05, 0.1) is 10.6 Å². The number of sulfone groups is 1. The van der Waals surface area contributed by atoms with Gasteiger partial charge in [-0.15, -0.1) is 24.0 Å². The molecule has 0 saturated carbocycles. The van der Waals surface area contributed by atoms with E-state index in [0.717, 1.165) is 25.6 Å². The number of amides is 1. The molecule has 27 heavy (non-hydrogen) atoms. The minimum absolute atomic E-state index is 0. The molecule has 1 fully saturated rings. The largest absolute Gasteiger partial charge is 0.357 e. The molecule has 0 atom stereocenters. The van der Waals surface area contributed by atoms with Crippen molar-refractivity contribution in [3.05, 3.63) is 30.3 Å². The molecule has 1 aliphatic heterocycles. The molecular formula is C18H29IN4O3S. The number of hydrogen-bond donors (Lipinski definition) is 1. The second-order valence-electron chi connectivity index (χ2n) is 6.21. The first-order valence-corrected chi connectivity index (χ1v) is 10.7. The van der Waals surface area contributed by atoms with E-state index in [-0.39, 0.29) is 35.6 Å². The van der Waals surface area contributed by atoms with Gasteiger partial charge in [-0.2, -0.15) is 0 Å². The summed E-state index contributed by atoms with van der Waals surface area (Å²) in [5, 5.41) is 3.25.